The van der Waals surface area contributed by atoms with Gasteiger partial charge in [-0.25, -0.2) is 4.79 Å². The molecule has 21 heavy (non-hydrogen) atoms. The van der Waals surface area contributed by atoms with Crippen LogP contribution in [0.4, 0.5) is 0 Å². The topological polar surface area (TPSA) is 66.4 Å². The molecule has 0 spiro atoms. The Labute approximate surface area is 126 Å². The fourth-order valence-corrected chi connectivity index (χ4v) is 1.90. The summed E-state index contributed by atoms with van der Waals surface area (Å²) in [6.07, 6.45) is 1.36. The summed E-state index contributed by atoms with van der Waals surface area (Å²) in [5, 5.41) is 12.1. The van der Waals surface area contributed by atoms with Crippen LogP contribution >= 0.6 is 11.6 Å². The van der Waals surface area contributed by atoms with Crippen molar-refractivity contribution in [3.05, 3.63) is 76.4 Å². The molecule has 106 valence electrons. The maximum Gasteiger partial charge on any atom is 0.352 e. The second kappa shape index (κ2) is 6.72. The molecule has 0 unspecified atom stereocenters. The second-order valence-corrected chi connectivity index (χ2v) is 4.67. The molecule has 0 saturated carbocycles. The fourth-order valence-electron chi connectivity index (χ4n) is 1.70. The van der Waals surface area contributed by atoms with E-state index in [2.05, 4.69) is 5.32 Å². The van der Waals surface area contributed by atoms with Gasteiger partial charge in [0.05, 0.1) is 0 Å². The highest BCUT2D eigenvalue weighted by Crippen LogP contribution is 2.13. The van der Waals surface area contributed by atoms with Gasteiger partial charge in [0, 0.05) is 10.6 Å². The smallest absolute Gasteiger partial charge is 0.352 e. The summed E-state index contributed by atoms with van der Waals surface area (Å²) < 4.78 is 0. The Morgan fingerprint density at radius 1 is 1.05 bits per heavy atom. The predicted octanol–water partition coefficient (Wildman–Crippen LogP) is 3.20. The monoisotopic (exact) mass is 301 g/mol. The standard InChI is InChI=1S/C16H12ClNO3/c17-13-8-4-5-11(9-13)10-14(16(20)21)18-15(19)12-6-2-1-3-7-12/h1-10H,(H,18,19)(H,20,21)/b14-10+. The number of carbonyl (C=O) groups excluding carboxylic acids is 1. The van der Waals surface area contributed by atoms with Crippen molar-refractivity contribution in [2.75, 3.05) is 0 Å². The summed E-state index contributed by atoms with van der Waals surface area (Å²) in [6, 6.07) is 15.1. The zero-order chi connectivity index (χ0) is 15.2. The van der Waals surface area contributed by atoms with Crippen LogP contribution in [0.25, 0.3) is 6.08 Å². The summed E-state index contributed by atoms with van der Waals surface area (Å²) in [4.78, 5) is 23.2. The van der Waals surface area contributed by atoms with E-state index in [1.54, 1.807) is 54.6 Å². The highest BCUT2D eigenvalue weighted by molar-refractivity contribution is 6.30. The van der Waals surface area contributed by atoms with E-state index in [-0.39, 0.29) is 5.70 Å². The largest absolute Gasteiger partial charge is 0.477 e. The average molecular weight is 302 g/mol. The Morgan fingerprint density at radius 3 is 2.38 bits per heavy atom. The molecule has 0 atom stereocenters. The lowest BCUT2D eigenvalue weighted by Crippen LogP contribution is -2.27. The normalized spacial score (nSPS) is 11.0. The number of amides is 1. The van der Waals surface area contributed by atoms with E-state index in [1.807, 2.05) is 0 Å². The van der Waals surface area contributed by atoms with Crippen LogP contribution in [-0.2, 0) is 4.79 Å². The van der Waals surface area contributed by atoms with Gasteiger partial charge >= 0.3 is 5.97 Å². The molecule has 0 fully saturated rings. The number of carboxylic acids is 1. The van der Waals surface area contributed by atoms with Crippen LogP contribution in [0.5, 0.6) is 0 Å². The third-order valence-corrected chi connectivity index (χ3v) is 2.91. The van der Waals surface area contributed by atoms with Crippen molar-refractivity contribution in [2.45, 2.75) is 0 Å². The number of benzene rings is 2. The number of hydrogen-bond donors (Lipinski definition) is 2. The van der Waals surface area contributed by atoms with Gasteiger partial charge < -0.3 is 10.4 Å². The van der Waals surface area contributed by atoms with Gasteiger partial charge in [-0.15, -0.1) is 0 Å². The molecule has 2 aromatic rings. The lowest BCUT2D eigenvalue weighted by atomic mass is 10.1. The van der Waals surface area contributed by atoms with E-state index in [4.69, 9.17) is 11.6 Å². The molecule has 0 aliphatic heterocycles. The van der Waals surface area contributed by atoms with Gasteiger partial charge in [0.1, 0.15) is 5.70 Å². The summed E-state index contributed by atoms with van der Waals surface area (Å²) in [6.45, 7) is 0. The molecule has 4 nitrogen and oxygen atoms in total. The van der Waals surface area contributed by atoms with Gasteiger partial charge in [-0.2, -0.15) is 0 Å². The van der Waals surface area contributed by atoms with E-state index in [0.29, 0.717) is 16.1 Å². The van der Waals surface area contributed by atoms with Crippen LogP contribution in [0.15, 0.2) is 60.3 Å². The van der Waals surface area contributed by atoms with Crippen LogP contribution in [0, 0.1) is 0 Å². The Balaban J connectivity index is 2.24. The minimum absolute atomic E-state index is 0.217. The van der Waals surface area contributed by atoms with E-state index >= 15 is 0 Å². The molecule has 0 aliphatic carbocycles. The summed E-state index contributed by atoms with van der Waals surface area (Å²) in [5.41, 5.74) is 0.759. The SMILES string of the molecule is O=C(O)/C(=C\c1cccc(Cl)c1)NC(=O)c1ccccc1. The zero-order valence-electron chi connectivity index (χ0n) is 10.9. The highest BCUT2D eigenvalue weighted by atomic mass is 35.5. The number of hydrogen-bond acceptors (Lipinski definition) is 2. The number of carbonyl (C=O) groups is 2. The predicted molar refractivity (Wildman–Crippen MR) is 81.0 cm³/mol. The minimum Gasteiger partial charge on any atom is -0.477 e. The number of carboxylic acid groups (broad SMARTS) is 1. The maximum absolute atomic E-state index is 12.0. The fraction of sp³-hybridized carbons (Fsp3) is 0. The molecular formula is C16H12ClNO3. The molecule has 0 bridgehead atoms. The molecule has 2 rings (SSSR count). The number of halogens is 1. The third-order valence-electron chi connectivity index (χ3n) is 2.67. The first-order valence-electron chi connectivity index (χ1n) is 6.13. The van der Waals surface area contributed by atoms with Gasteiger partial charge in [0.15, 0.2) is 0 Å². The first kappa shape index (κ1) is 14.8. The zero-order valence-corrected chi connectivity index (χ0v) is 11.7. The first-order chi connectivity index (χ1) is 10.1. The number of aliphatic carboxylic acids is 1. The summed E-state index contributed by atoms with van der Waals surface area (Å²) in [7, 11) is 0. The molecule has 0 saturated heterocycles. The van der Waals surface area contributed by atoms with Crippen molar-refractivity contribution < 1.29 is 14.7 Å². The van der Waals surface area contributed by atoms with E-state index in [9.17, 15) is 14.7 Å². The highest BCUT2D eigenvalue weighted by Gasteiger charge is 2.13. The van der Waals surface area contributed by atoms with Gasteiger partial charge in [-0.3, -0.25) is 4.79 Å². The van der Waals surface area contributed by atoms with Crippen LogP contribution < -0.4 is 5.32 Å². The van der Waals surface area contributed by atoms with Crippen molar-refractivity contribution in [1.82, 2.24) is 5.32 Å². The van der Waals surface area contributed by atoms with Crippen molar-refractivity contribution in [3.63, 3.8) is 0 Å². The Hall–Kier alpha value is -2.59. The van der Waals surface area contributed by atoms with E-state index in [1.165, 1.54) is 6.08 Å². The third kappa shape index (κ3) is 4.19. The van der Waals surface area contributed by atoms with E-state index < -0.39 is 11.9 Å². The summed E-state index contributed by atoms with van der Waals surface area (Å²) in [5.74, 6) is -1.70. The number of rotatable bonds is 4. The molecule has 0 aliphatic rings. The Bertz CT molecular complexity index is 696. The molecular weight excluding hydrogens is 290 g/mol. The molecule has 0 radical (unpaired) electrons. The lowest BCUT2D eigenvalue weighted by Gasteiger charge is -2.06. The van der Waals surface area contributed by atoms with Crippen molar-refractivity contribution >= 4 is 29.6 Å². The van der Waals surface area contributed by atoms with Crippen LogP contribution in [0.2, 0.25) is 5.02 Å². The molecule has 2 N–H and O–H groups in total. The van der Waals surface area contributed by atoms with Gasteiger partial charge in [-0.05, 0) is 35.9 Å². The van der Waals surface area contributed by atoms with Gasteiger partial charge in [0.2, 0.25) is 0 Å². The lowest BCUT2D eigenvalue weighted by molar-refractivity contribution is -0.132. The quantitative estimate of drug-likeness (QED) is 0.852. The Morgan fingerprint density at radius 2 is 1.76 bits per heavy atom. The van der Waals surface area contributed by atoms with Crippen LogP contribution in [-0.4, -0.2) is 17.0 Å². The van der Waals surface area contributed by atoms with E-state index in [0.717, 1.165) is 0 Å². The van der Waals surface area contributed by atoms with Crippen molar-refractivity contribution in [3.8, 4) is 0 Å². The van der Waals surface area contributed by atoms with Crippen molar-refractivity contribution in [2.24, 2.45) is 0 Å². The molecule has 0 aromatic heterocycles. The molecule has 1 amide bonds. The first-order valence-corrected chi connectivity index (χ1v) is 6.51. The van der Waals surface area contributed by atoms with Crippen LogP contribution in [0.1, 0.15) is 15.9 Å². The van der Waals surface area contributed by atoms with Crippen LogP contribution in [0.3, 0.4) is 0 Å². The van der Waals surface area contributed by atoms with Gasteiger partial charge in [-0.1, -0.05) is 41.9 Å². The average Bonchev–Trinajstić information content (AvgIpc) is 2.47. The van der Waals surface area contributed by atoms with Gasteiger partial charge in [0.25, 0.3) is 5.91 Å². The molecule has 0 heterocycles. The Kier molecular flexibility index (Phi) is 4.74. The molecule has 2 aromatic carbocycles. The molecule has 5 heteroatoms. The maximum atomic E-state index is 12.0. The minimum atomic E-state index is -1.22. The number of nitrogens with one attached hydrogen (secondary N) is 1. The van der Waals surface area contributed by atoms with Crippen molar-refractivity contribution in [1.29, 1.82) is 0 Å². The summed E-state index contributed by atoms with van der Waals surface area (Å²) >= 11 is 5.85. The second-order valence-electron chi connectivity index (χ2n) is 4.24.